The zero-order valence-corrected chi connectivity index (χ0v) is 24.8. The molecule has 10 heteroatoms. The highest BCUT2D eigenvalue weighted by molar-refractivity contribution is 5.93. The average molecular weight is 570 g/mol. The molecule has 0 saturated carbocycles. The molecule has 41 heavy (non-hydrogen) atoms. The Kier molecular flexibility index (Phi) is 13.3. The second-order valence-electron chi connectivity index (χ2n) is 11.2. The molecule has 0 bridgehead atoms. The number of hydrogen-bond acceptors (Lipinski definition) is 7. The Balaban J connectivity index is 2.09. The molecule has 0 aromatic heterocycles. The topological polar surface area (TPSA) is 132 Å². The van der Waals surface area contributed by atoms with Crippen LogP contribution in [0, 0.1) is 5.92 Å². The number of nitrogens with one attached hydrogen (secondary N) is 3. The van der Waals surface area contributed by atoms with E-state index in [0.29, 0.717) is 6.42 Å². The second-order valence-corrected chi connectivity index (χ2v) is 11.2. The zero-order valence-electron chi connectivity index (χ0n) is 24.8. The van der Waals surface area contributed by atoms with Crippen LogP contribution in [0.1, 0.15) is 59.1 Å². The number of hydrogen-bond donors (Lipinski definition) is 3. The van der Waals surface area contributed by atoms with Crippen LogP contribution in [-0.4, -0.2) is 54.2 Å². The van der Waals surface area contributed by atoms with Crippen molar-refractivity contribution in [3.05, 3.63) is 71.8 Å². The number of alkyl carbamates (subject to hydrolysis) is 1. The van der Waals surface area contributed by atoms with E-state index in [1.807, 2.05) is 74.5 Å². The van der Waals surface area contributed by atoms with E-state index in [9.17, 15) is 19.2 Å². The molecule has 3 amide bonds. The van der Waals surface area contributed by atoms with E-state index in [-0.39, 0.29) is 25.7 Å². The third kappa shape index (κ3) is 13.3. The number of esters is 1. The summed E-state index contributed by atoms with van der Waals surface area (Å²) >= 11 is 0. The maximum absolute atomic E-state index is 13.3. The van der Waals surface area contributed by atoms with Crippen LogP contribution in [-0.2, 0) is 41.8 Å². The molecule has 3 atom stereocenters. The minimum absolute atomic E-state index is 0.0571. The summed E-state index contributed by atoms with van der Waals surface area (Å²) in [6.45, 7) is 10.6. The molecular formula is C31H43N3O7. The number of amides is 3. The van der Waals surface area contributed by atoms with E-state index in [1.165, 1.54) is 6.92 Å². The fourth-order valence-electron chi connectivity index (χ4n) is 3.70. The van der Waals surface area contributed by atoms with Crippen LogP contribution in [0.3, 0.4) is 0 Å². The molecule has 3 N–H and O–H groups in total. The summed E-state index contributed by atoms with van der Waals surface area (Å²) in [5.41, 5.74) is 0.953. The number of carbonyl (C=O) groups excluding carboxylic acids is 4. The Hall–Kier alpha value is -3.92. The Morgan fingerprint density at radius 2 is 1.27 bits per heavy atom. The molecule has 2 rings (SSSR count). The highest BCUT2D eigenvalue weighted by atomic mass is 16.6. The monoisotopic (exact) mass is 569 g/mol. The summed E-state index contributed by atoms with van der Waals surface area (Å²) in [6, 6.07) is 15.5. The lowest BCUT2D eigenvalue weighted by atomic mass is 10.0. The van der Waals surface area contributed by atoms with Crippen molar-refractivity contribution in [2.45, 2.75) is 84.9 Å². The van der Waals surface area contributed by atoms with Gasteiger partial charge in [0, 0.05) is 0 Å². The maximum atomic E-state index is 13.3. The Morgan fingerprint density at radius 3 is 1.80 bits per heavy atom. The summed E-state index contributed by atoms with van der Waals surface area (Å²) < 4.78 is 16.4. The molecule has 0 fully saturated rings. The predicted molar refractivity (Wildman–Crippen MR) is 154 cm³/mol. The maximum Gasteiger partial charge on any atom is 0.408 e. The molecule has 0 aliphatic heterocycles. The number of rotatable bonds is 14. The molecule has 0 aliphatic rings. The van der Waals surface area contributed by atoms with E-state index < -0.39 is 47.6 Å². The van der Waals surface area contributed by atoms with Crippen LogP contribution in [0.15, 0.2) is 60.7 Å². The van der Waals surface area contributed by atoms with Crippen molar-refractivity contribution in [2.24, 2.45) is 5.92 Å². The molecule has 2 aromatic rings. The summed E-state index contributed by atoms with van der Waals surface area (Å²) in [6.07, 6.45) is -0.429. The zero-order chi connectivity index (χ0) is 30.4. The smallest absolute Gasteiger partial charge is 0.408 e. The van der Waals surface area contributed by atoms with Gasteiger partial charge in [-0.2, -0.15) is 0 Å². The molecule has 0 aliphatic carbocycles. The first kappa shape index (κ1) is 33.3. The summed E-state index contributed by atoms with van der Waals surface area (Å²) in [5, 5.41) is 7.88. The highest BCUT2D eigenvalue weighted by Crippen LogP contribution is 2.10. The van der Waals surface area contributed by atoms with Crippen LogP contribution in [0.5, 0.6) is 0 Å². The summed E-state index contributed by atoms with van der Waals surface area (Å²) in [5.74, 6) is -1.77. The highest BCUT2D eigenvalue weighted by Gasteiger charge is 2.30. The Morgan fingerprint density at radius 1 is 0.732 bits per heavy atom. The first-order chi connectivity index (χ1) is 19.3. The molecule has 224 valence electrons. The Labute approximate surface area is 242 Å². The van der Waals surface area contributed by atoms with Gasteiger partial charge in [-0.15, -0.1) is 0 Å². The fourth-order valence-corrected chi connectivity index (χ4v) is 3.70. The quantitative estimate of drug-likeness (QED) is 0.294. The second kappa shape index (κ2) is 16.4. The van der Waals surface area contributed by atoms with Gasteiger partial charge in [0.25, 0.3) is 0 Å². The van der Waals surface area contributed by atoms with E-state index in [0.717, 1.165) is 11.1 Å². The minimum atomic E-state index is -1.15. The van der Waals surface area contributed by atoms with Gasteiger partial charge < -0.3 is 30.2 Å². The predicted octanol–water partition coefficient (Wildman–Crippen LogP) is 3.88. The van der Waals surface area contributed by atoms with Gasteiger partial charge >= 0.3 is 12.1 Å². The van der Waals surface area contributed by atoms with Crippen molar-refractivity contribution in [2.75, 3.05) is 6.61 Å². The summed E-state index contributed by atoms with van der Waals surface area (Å²) in [7, 11) is 0. The van der Waals surface area contributed by atoms with Gasteiger partial charge in [-0.25, -0.2) is 9.59 Å². The van der Waals surface area contributed by atoms with Crippen molar-refractivity contribution >= 4 is 23.9 Å². The lowest BCUT2D eigenvalue weighted by Gasteiger charge is -2.26. The molecule has 0 radical (unpaired) electrons. The number of benzene rings is 2. The van der Waals surface area contributed by atoms with Crippen LogP contribution >= 0.6 is 0 Å². The number of ether oxygens (including phenoxy) is 3. The normalized spacial score (nSPS) is 13.4. The van der Waals surface area contributed by atoms with E-state index in [2.05, 4.69) is 16.0 Å². The van der Waals surface area contributed by atoms with E-state index in [1.54, 1.807) is 20.8 Å². The standard InChI is InChI=1S/C31H43N3O7/c1-21(2)17-25(34-30(38)41-31(4,5)6)27(35)33-26(20-39-18-23-13-9-7-10-14-23)28(36)32-22(3)29(37)40-19-24-15-11-8-12-16-24/h7-16,21-22,25-26H,17-20H2,1-6H3,(H,32,36)(H,33,35)(H,34,38)/t22-,25-,26-/m0/s1. The first-order valence-corrected chi connectivity index (χ1v) is 13.8. The molecule has 0 saturated heterocycles. The van der Waals surface area contributed by atoms with Crippen molar-refractivity contribution in [3.63, 3.8) is 0 Å². The first-order valence-electron chi connectivity index (χ1n) is 13.8. The van der Waals surface area contributed by atoms with Gasteiger partial charge in [0.1, 0.15) is 30.3 Å². The average Bonchev–Trinajstić information content (AvgIpc) is 2.90. The molecular weight excluding hydrogens is 526 g/mol. The molecule has 0 spiro atoms. The van der Waals surface area contributed by atoms with E-state index in [4.69, 9.17) is 14.2 Å². The largest absolute Gasteiger partial charge is 0.459 e. The molecule has 0 unspecified atom stereocenters. The van der Waals surface area contributed by atoms with Gasteiger partial charge in [0.05, 0.1) is 13.2 Å². The number of carbonyl (C=O) groups is 4. The fraction of sp³-hybridized carbons (Fsp3) is 0.484. The van der Waals surface area contributed by atoms with E-state index >= 15 is 0 Å². The summed E-state index contributed by atoms with van der Waals surface area (Å²) in [4.78, 5) is 51.5. The van der Waals surface area contributed by atoms with Crippen LogP contribution < -0.4 is 16.0 Å². The molecule has 0 heterocycles. The van der Waals surface area contributed by atoms with Crippen molar-refractivity contribution < 1.29 is 33.4 Å². The van der Waals surface area contributed by atoms with Gasteiger partial charge in [-0.05, 0) is 51.2 Å². The minimum Gasteiger partial charge on any atom is -0.459 e. The molecule has 10 nitrogen and oxygen atoms in total. The SMILES string of the molecule is CC(C)C[C@H](NC(=O)OC(C)(C)C)C(=O)N[C@@H](COCc1ccccc1)C(=O)N[C@@H](C)C(=O)OCc1ccccc1. The Bertz CT molecular complexity index is 1120. The third-order valence-corrected chi connectivity index (χ3v) is 5.68. The van der Waals surface area contributed by atoms with Crippen LogP contribution in [0.2, 0.25) is 0 Å². The van der Waals surface area contributed by atoms with Gasteiger partial charge in [0.15, 0.2) is 0 Å². The van der Waals surface area contributed by atoms with Gasteiger partial charge in [0.2, 0.25) is 11.8 Å². The van der Waals surface area contributed by atoms with Crippen LogP contribution in [0.25, 0.3) is 0 Å². The van der Waals surface area contributed by atoms with Crippen molar-refractivity contribution in [3.8, 4) is 0 Å². The third-order valence-electron chi connectivity index (χ3n) is 5.68. The van der Waals surface area contributed by atoms with Crippen LogP contribution in [0.4, 0.5) is 4.79 Å². The lowest BCUT2D eigenvalue weighted by molar-refractivity contribution is -0.149. The van der Waals surface area contributed by atoms with Gasteiger partial charge in [-0.3, -0.25) is 9.59 Å². The van der Waals surface area contributed by atoms with Crippen molar-refractivity contribution in [1.82, 2.24) is 16.0 Å². The molecule has 2 aromatic carbocycles. The lowest BCUT2D eigenvalue weighted by Crippen LogP contribution is -2.57. The van der Waals surface area contributed by atoms with Gasteiger partial charge in [-0.1, -0.05) is 74.5 Å². The van der Waals surface area contributed by atoms with Crippen molar-refractivity contribution in [1.29, 1.82) is 0 Å².